The number of methoxy groups -OCH3 is 1. The number of hydrogen-bond acceptors (Lipinski definition) is 8. The highest BCUT2D eigenvalue weighted by molar-refractivity contribution is 6.05. The van der Waals surface area contributed by atoms with Gasteiger partial charge in [-0.25, -0.2) is 9.97 Å². The Labute approximate surface area is 228 Å². The van der Waals surface area contributed by atoms with Crippen LogP contribution in [0.3, 0.4) is 0 Å². The molecule has 9 heteroatoms. The molecule has 2 N–H and O–H groups in total. The first-order chi connectivity index (χ1) is 19.2. The molecule has 4 aromatic rings. The number of anilines is 3. The lowest BCUT2D eigenvalue weighted by Crippen LogP contribution is -2.33. The molecular formula is C30H32N6O3. The van der Waals surface area contributed by atoms with Crippen molar-refractivity contribution in [3.63, 3.8) is 0 Å². The third-order valence-electron chi connectivity index (χ3n) is 6.56. The molecule has 0 spiro atoms. The van der Waals surface area contributed by atoms with Crippen LogP contribution in [0.2, 0.25) is 0 Å². The van der Waals surface area contributed by atoms with E-state index in [0.29, 0.717) is 35.2 Å². The van der Waals surface area contributed by atoms with Gasteiger partial charge in [-0.2, -0.15) is 0 Å². The number of hydrogen-bond donors (Lipinski definition) is 2. The van der Waals surface area contributed by atoms with E-state index in [1.54, 1.807) is 43.9 Å². The summed E-state index contributed by atoms with van der Waals surface area (Å²) in [5, 5.41) is 6.12. The number of carbonyl (C=O) groups is 1. The maximum absolute atomic E-state index is 13.0. The number of nitrogens with zero attached hydrogens (tertiary/aromatic N) is 4. The largest absolute Gasteiger partial charge is 0.495 e. The number of aromatic nitrogens is 3. The summed E-state index contributed by atoms with van der Waals surface area (Å²) in [6, 6.07) is 18.2. The molecule has 2 aromatic heterocycles. The summed E-state index contributed by atoms with van der Waals surface area (Å²) in [4.78, 5) is 28.5. The first kappa shape index (κ1) is 26.1. The summed E-state index contributed by atoms with van der Waals surface area (Å²) in [6.45, 7) is 3.90. The van der Waals surface area contributed by atoms with Crippen LogP contribution in [0.1, 0.15) is 29.6 Å². The minimum atomic E-state index is -0.246. The van der Waals surface area contributed by atoms with Crippen LogP contribution in [0.15, 0.2) is 79.3 Å². The molecule has 0 atom stereocenters. The van der Waals surface area contributed by atoms with E-state index in [4.69, 9.17) is 9.47 Å². The lowest BCUT2D eigenvalue weighted by molar-refractivity contribution is 0.102. The molecule has 0 radical (unpaired) electrons. The molecule has 1 aliphatic heterocycles. The van der Waals surface area contributed by atoms with E-state index >= 15 is 0 Å². The number of nitrogens with one attached hydrogen (secondary N) is 2. The minimum Gasteiger partial charge on any atom is -0.495 e. The zero-order valence-electron chi connectivity index (χ0n) is 22.0. The van der Waals surface area contributed by atoms with Gasteiger partial charge in [0.05, 0.1) is 18.5 Å². The van der Waals surface area contributed by atoms with Gasteiger partial charge in [-0.15, -0.1) is 0 Å². The summed E-state index contributed by atoms with van der Waals surface area (Å²) < 4.78 is 11.4. The fourth-order valence-corrected chi connectivity index (χ4v) is 4.47. The molecule has 0 unspecified atom stereocenters. The summed E-state index contributed by atoms with van der Waals surface area (Å²) in [5.41, 5.74) is 3.32. The van der Waals surface area contributed by atoms with Crippen molar-refractivity contribution < 1.29 is 14.3 Å². The Morgan fingerprint density at radius 3 is 2.62 bits per heavy atom. The number of ether oxygens (including phenoxy) is 2. The molecule has 1 fully saturated rings. The maximum atomic E-state index is 13.0. The highest BCUT2D eigenvalue weighted by atomic mass is 16.5. The van der Waals surface area contributed by atoms with Crippen LogP contribution in [-0.4, -0.2) is 59.1 Å². The smallest absolute Gasteiger partial charge is 0.255 e. The van der Waals surface area contributed by atoms with Crippen LogP contribution in [0.5, 0.6) is 11.5 Å². The summed E-state index contributed by atoms with van der Waals surface area (Å²) in [7, 11) is 1.57. The second-order valence-electron chi connectivity index (χ2n) is 9.28. The van der Waals surface area contributed by atoms with E-state index in [1.807, 2.05) is 42.5 Å². The number of amides is 1. The molecule has 0 aliphatic carbocycles. The summed E-state index contributed by atoms with van der Waals surface area (Å²) in [5.74, 6) is 1.48. The van der Waals surface area contributed by atoms with Gasteiger partial charge in [-0.1, -0.05) is 6.42 Å². The number of rotatable bonds is 10. The molecule has 5 rings (SSSR count). The first-order valence-corrected chi connectivity index (χ1v) is 13.1. The number of likely N-dealkylation sites (tertiary alicyclic amines) is 1. The minimum absolute atomic E-state index is 0.246. The van der Waals surface area contributed by atoms with Crippen molar-refractivity contribution in [2.75, 3.05) is 44.0 Å². The fraction of sp³-hybridized carbons (Fsp3) is 0.267. The van der Waals surface area contributed by atoms with Crippen LogP contribution in [0, 0.1) is 0 Å². The van der Waals surface area contributed by atoms with E-state index in [2.05, 4.69) is 30.5 Å². The average Bonchev–Trinajstić information content (AvgIpc) is 2.99. The maximum Gasteiger partial charge on any atom is 0.255 e. The fourth-order valence-electron chi connectivity index (χ4n) is 4.47. The Bertz CT molecular complexity index is 1380. The van der Waals surface area contributed by atoms with Gasteiger partial charge in [0, 0.05) is 41.9 Å². The molecule has 0 bridgehead atoms. The highest BCUT2D eigenvalue weighted by Crippen LogP contribution is 2.29. The van der Waals surface area contributed by atoms with E-state index < -0.39 is 0 Å². The number of benzene rings is 2. The van der Waals surface area contributed by atoms with Crippen molar-refractivity contribution in [1.82, 2.24) is 19.9 Å². The predicted octanol–water partition coefficient (Wildman–Crippen LogP) is 5.41. The predicted molar refractivity (Wildman–Crippen MR) is 152 cm³/mol. The molecule has 1 saturated heterocycles. The Morgan fingerprint density at radius 1 is 1.00 bits per heavy atom. The van der Waals surface area contributed by atoms with Gasteiger partial charge in [-0.05, 0) is 86.6 Å². The Hall–Kier alpha value is -4.50. The summed E-state index contributed by atoms with van der Waals surface area (Å²) in [6.07, 6.45) is 8.99. The van der Waals surface area contributed by atoms with Crippen molar-refractivity contribution in [1.29, 1.82) is 0 Å². The molecule has 39 heavy (non-hydrogen) atoms. The third kappa shape index (κ3) is 7.08. The van der Waals surface area contributed by atoms with E-state index in [9.17, 15) is 4.79 Å². The molecule has 1 aliphatic rings. The molecular weight excluding hydrogens is 492 g/mol. The van der Waals surface area contributed by atoms with Crippen molar-refractivity contribution in [3.05, 3.63) is 84.8 Å². The third-order valence-corrected chi connectivity index (χ3v) is 6.56. The van der Waals surface area contributed by atoms with Gasteiger partial charge in [0.25, 0.3) is 5.91 Å². The normalized spacial score (nSPS) is 13.5. The molecule has 200 valence electrons. The molecule has 0 saturated carbocycles. The van der Waals surface area contributed by atoms with Crippen LogP contribution in [0.4, 0.5) is 17.3 Å². The first-order valence-electron chi connectivity index (χ1n) is 13.1. The SMILES string of the molecule is COc1ccc(C(=O)Nc2ccc(OCCN3CCCCC3)cc2)cc1Nc1nccc(-c2cccnc2)n1. The summed E-state index contributed by atoms with van der Waals surface area (Å²) >= 11 is 0. The standard InChI is InChI=1S/C30H32N6O3/c1-38-28-12-7-22(20-27(28)35-30-32-15-13-26(34-30)23-6-5-14-31-21-23)29(37)33-24-8-10-25(11-9-24)39-19-18-36-16-3-2-4-17-36/h5-15,20-21H,2-4,16-19H2,1H3,(H,33,37)(H,32,34,35). The van der Waals surface area contributed by atoms with Gasteiger partial charge in [-0.3, -0.25) is 14.7 Å². The van der Waals surface area contributed by atoms with Crippen molar-refractivity contribution >= 4 is 23.2 Å². The van der Waals surface area contributed by atoms with Crippen molar-refractivity contribution in [3.8, 4) is 22.8 Å². The monoisotopic (exact) mass is 524 g/mol. The second kappa shape index (κ2) is 12.8. The molecule has 9 nitrogen and oxygen atoms in total. The Morgan fingerprint density at radius 2 is 1.85 bits per heavy atom. The lowest BCUT2D eigenvalue weighted by atomic mass is 10.1. The zero-order chi connectivity index (χ0) is 26.9. The quantitative estimate of drug-likeness (QED) is 0.284. The van der Waals surface area contributed by atoms with Crippen LogP contribution < -0.4 is 20.1 Å². The molecule has 2 aromatic carbocycles. The van der Waals surface area contributed by atoms with Gasteiger partial charge in [0.15, 0.2) is 0 Å². The van der Waals surface area contributed by atoms with E-state index in [1.165, 1.54) is 19.3 Å². The van der Waals surface area contributed by atoms with Crippen LogP contribution in [0.25, 0.3) is 11.3 Å². The number of carbonyl (C=O) groups excluding carboxylic acids is 1. The van der Waals surface area contributed by atoms with E-state index in [0.717, 1.165) is 36.6 Å². The zero-order valence-corrected chi connectivity index (χ0v) is 22.0. The Balaban J connectivity index is 1.21. The number of pyridine rings is 1. The highest BCUT2D eigenvalue weighted by Gasteiger charge is 2.13. The van der Waals surface area contributed by atoms with Crippen molar-refractivity contribution in [2.24, 2.45) is 0 Å². The molecule has 1 amide bonds. The average molecular weight is 525 g/mol. The van der Waals surface area contributed by atoms with Gasteiger partial charge in [0.2, 0.25) is 5.95 Å². The second-order valence-corrected chi connectivity index (χ2v) is 9.28. The van der Waals surface area contributed by atoms with Gasteiger partial charge >= 0.3 is 0 Å². The topological polar surface area (TPSA) is 102 Å². The van der Waals surface area contributed by atoms with Crippen LogP contribution in [-0.2, 0) is 0 Å². The van der Waals surface area contributed by atoms with Gasteiger partial charge < -0.3 is 20.1 Å². The van der Waals surface area contributed by atoms with E-state index in [-0.39, 0.29) is 5.91 Å². The molecule has 3 heterocycles. The van der Waals surface area contributed by atoms with Crippen LogP contribution >= 0.6 is 0 Å². The van der Waals surface area contributed by atoms with Gasteiger partial charge in [0.1, 0.15) is 18.1 Å². The lowest BCUT2D eigenvalue weighted by Gasteiger charge is -2.26. The number of piperidine rings is 1. The Kier molecular flexibility index (Phi) is 8.60. The van der Waals surface area contributed by atoms with Crippen molar-refractivity contribution in [2.45, 2.75) is 19.3 Å².